The molecule has 0 bridgehead atoms. The summed E-state index contributed by atoms with van der Waals surface area (Å²) in [5.74, 6) is 0. The van der Waals surface area contributed by atoms with Crippen molar-refractivity contribution in [2.24, 2.45) is 0 Å². The zero-order valence-electron chi connectivity index (χ0n) is 21.5. The number of aromatic nitrogens is 2. The third-order valence-electron chi connectivity index (χ3n) is 8.01. The van der Waals surface area contributed by atoms with Gasteiger partial charge in [0, 0.05) is 39.3 Å². The van der Waals surface area contributed by atoms with Crippen molar-refractivity contribution in [1.29, 1.82) is 0 Å². The van der Waals surface area contributed by atoms with Crippen molar-refractivity contribution in [3.8, 4) is 16.8 Å². The molecule has 0 spiro atoms. The fourth-order valence-corrected chi connectivity index (χ4v) is 6.33. The molecule has 0 N–H and O–H groups in total. The molecule has 0 aliphatic rings. The lowest BCUT2D eigenvalue weighted by atomic mass is 9.99. The number of para-hydroxylation sites is 3. The lowest BCUT2D eigenvalue weighted by Gasteiger charge is -2.15. The van der Waals surface area contributed by atoms with E-state index in [1.165, 1.54) is 66.0 Å². The van der Waals surface area contributed by atoms with Gasteiger partial charge in [-0.25, -0.2) is 0 Å². The van der Waals surface area contributed by atoms with E-state index in [9.17, 15) is 0 Å². The predicted molar refractivity (Wildman–Crippen MR) is 165 cm³/mol. The molecule has 0 atom stereocenters. The Bertz CT molecular complexity index is 2130. The van der Waals surface area contributed by atoms with E-state index in [0.717, 1.165) is 6.54 Å². The van der Waals surface area contributed by atoms with Crippen molar-refractivity contribution in [2.75, 3.05) is 0 Å². The summed E-state index contributed by atoms with van der Waals surface area (Å²) in [5.41, 5.74) is 10.0. The third-order valence-corrected chi connectivity index (χ3v) is 8.01. The Balaban J connectivity index is 1.51. The average Bonchev–Trinajstić information content (AvgIpc) is 3.51. The summed E-state index contributed by atoms with van der Waals surface area (Å²) < 4.78 is 4.98. The Hall–Kier alpha value is -5.08. The zero-order chi connectivity index (χ0) is 25.8. The van der Waals surface area contributed by atoms with Crippen LogP contribution in [0.1, 0.15) is 5.56 Å². The summed E-state index contributed by atoms with van der Waals surface area (Å²) in [5, 5.41) is 5.13. The quantitative estimate of drug-likeness (QED) is 0.229. The van der Waals surface area contributed by atoms with E-state index in [1.54, 1.807) is 0 Å². The molecule has 0 saturated carbocycles. The molecule has 0 amide bonds. The monoisotopic (exact) mass is 498 g/mol. The van der Waals surface area contributed by atoms with Crippen LogP contribution in [0, 0.1) is 0 Å². The van der Waals surface area contributed by atoms with Crippen LogP contribution in [-0.2, 0) is 6.54 Å². The van der Waals surface area contributed by atoms with Crippen molar-refractivity contribution in [1.82, 2.24) is 9.13 Å². The van der Waals surface area contributed by atoms with E-state index in [1.807, 2.05) is 0 Å². The van der Waals surface area contributed by atoms with Crippen molar-refractivity contribution in [3.63, 3.8) is 0 Å². The lowest BCUT2D eigenvalue weighted by Crippen LogP contribution is -2.03. The van der Waals surface area contributed by atoms with Crippen LogP contribution in [0.3, 0.4) is 0 Å². The van der Waals surface area contributed by atoms with Crippen LogP contribution in [0.25, 0.3) is 60.4 Å². The number of nitrogens with zero attached hydrogens (tertiary/aromatic N) is 2. The molecule has 0 aliphatic carbocycles. The number of fused-ring (bicyclic) bond motifs is 7. The van der Waals surface area contributed by atoms with Gasteiger partial charge in [0.2, 0.25) is 0 Å². The Morgan fingerprint density at radius 1 is 0.410 bits per heavy atom. The summed E-state index contributed by atoms with van der Waals surface area (Å²) in [4.78, 5) is 0. The molecule has 39 heavy (non-hydrogen) atoms. The normalized spacial score (nSPS) is 11.7. The smallest absolute Gasteiger partial charge is 0.0785 e. The maximum Gasteiger partial charge on any atom is 0.0785 e. The van der Waals surface area contributed by atoms with E-state index in [0.29, 0.717) is 0 Å². The highest BCUT2D eigenvalue weighted by atomic mass is 15.0. The van der Waals surface area contributed by atoms with Crippen LogP contribution < -0.4 is 0 Å². The van der Waals surface area contributed by atoms with Crippen molar-refractivity contribution in [2.45, 2.75) is 6.54 Å². The van der Waals surface area contributed by atoms with Gasteiger partial charge in [-0.2, -0.15) is 0 Å². The number of hydrogen-bond acceptors (Lipinski definition) is 0. The van der Waals surface area contributed by atoms with Crippen LogP contribution in [0.2, 0.25) is 0 Å². The molecule has 2 heteroatoms. The van der Waals surface area contributed by atoms with E-state index < -0.39 is 0 Å². The van der Waals surface area contributed by atoms with Crippen molar-refractivity contribution < 1.29 is 0 Å². The minimum atomic E-state index is 0.782. The molecular weight excluding hydrogens is 472 g/mol. The summed E-state index contributed by atoms with van der Waals surface area (Å²) in [7, 11) is 0. The fourth-order valence-electron chi connectivity index (χ4n) is 6.33. The highest BCUT2D eigenvalue weighted by Gasteiger charge is 2.20. The SMILES string of the molecule is c1ccc(-c2ccccc2Cn2c3ccccc3c3ccc4c5ccccc5n(-c5ccccc5)c4c32)cc1. The standard InChI is InChI=1S/C37H26N2/c1-3-13-26(14-4-1)29-18-8-7-15-27(29)25-38-34-21-11-9-19-30(34)32-23-24-33-31-20-10-12-22-35(31)39(37(33)36(32)38)28-16-5-2-6-17-28/h1-24H,25H2. The zero-order valence-corrected chi connectivity index (χ0v) is 21.5. The average molecular weight is 499 g/mol. The van der Waals surface area contributed by atoms with Gasteiger partial charge < -0.3 is 9.13 Å². The predicted octanol–water partition coefficient (Wildman–Crippen LogP) is 9.61. The molecular formula is C37H26N2. The van der Waals surface area contributed by atoms with E-state index >= 15 is 0 Å². The van der Waals surface area contributed by atoms with Gasteiger partial charge in [-0.05, 0) is 41.0 Å². The molecule has 0 fully saturated rings. The van der Waals surface area contributed by atoms with Gasteiger partial charge in [0.05, 0.1) is 16.6 Å². The molecule has 2 nitrogen and oxygen atoms in total. The maximum absolute atomic E-state index is 2.53. The second kappa shape index (κ2) is 8.75. The van der Waals surface area contributed by atoms with Gasteiger partial charge in [0.1, 0.15) is 0 Å². The van der Waals surface area contributed by atoms with Gasteiger partial charge in [0.25, 0.3) is 0 Å². The van der Waals surface area contributed by atoms with Gasteiger partial charge in [-0.15, -0.1) is 0 Å². The minimum Gasteiger partial charge on any atom is -0.334 e. The lowest BCUT2D eigenvalue weighted by molar-refractivity contribution is 0.871. The largest absolute Gasteiger partial charge is 0.334 e. The molecule has 2 aromatic heterocycles. The summed E-state index contributed by atoms with van der Waals surface area (Å²) in [6.07, 6.45) is 0. The van der Waals surface area contributed by atoms with E-state index in [-0.39, 0.29) is 0 Å². The summed E-state index contributed by atoms with van der Waals surface area (Å²) in [6.45, 7) is 0.782. The van der Waals surface area contributed by atoms with Gasteiger partial charge >= 0.3 is 0 Å². The minimum absolute atomic E-state index is 0.782. The Kier molecular flexibility index (Phi) is 4.92. The van der Waals surface area contributed by atoms with Gasteiger partial charge in [-0.1, -0.05) is 121 Å². The fraction of sp³-hybridized carbons (Fsp3) is 0.0270. The number of rotatable bonds is 4. The Labute approximate surface area is 227 Å². The molecule has 0 saturated heterocycles. The van der Waals surface area contributed by atoms with Gasteiger partial charge in [-0.3, -0.25) is 0 Å². The molecule has 0 unspecified atom stereocenters. The van der Waals surface area contributed by atoms with Crippen LogP contribution in [0.15, 0.2) is 146 Å². The first kappa shape index (κ1) is 22.0. The van der Waals surface area contributed by atoms with Crippen LogP contribution in [-0.4, -0.2) is 9.13 Å². The Morgan fingerprint density at radius 2 is 0.974 bits per heavy atom. The van der Waals surface area contributed by atoms with Crippen LogP contribution >= 0.6 is 0 Å². The molecule has 0 aliphatic heterocycles. The second-order valence-corrected chi connectivity index (χ2v) is 10.2. The Morgan fingerprint density at radius 3 is 1.74 bits per heavy atom. The van der Waals surface area contributed by atoms with Crippen LogP contribution in [0.4, 0.5) is 0 Å². The highest BCUT2D eigenvalue weighted by Crippen LogP contribution is 2.41. The molecule has 8 rings (SSSR count). The van der Waals surface area contributed by atoms with Crippen molar-refractivity contribution in [3.05, 3.63) is 151 Å². The summed E-state index contributed by atoms with van der Waals surface area (Å²) >= 11 is 0. The molecule has 8 aromatic rings. The topological polar surface area (TPSA) is 9.86 Å². The third kappa shape index (κ3) is 3.35. The number of benzene rings is 6. The highest BCUT2D eigenvalue weighted by molar-refractivity contribution is 6.23. The molecule has 2 heterocycles. The van der Waals surface area contributed by atoms with Gasteiger partial charge in [0.15, 0.2) is 0 Å². The first-order valence-electron chi connectivity index (χ1n) is 13.5. The molecule has 184 valence electrons. The molecule has 6 aromatic carbocycles. The number of hydrogen-bond donors (Lipinski definition) is 0. The van der Waals surface area contributed by atoms with Crippen molar-refractivity contribution >= 4 is 43.6 Å². The van der Waals surface area contributed by atoms with Crippen LogP contribution in [0.5, 0.6) is 0 Å². The first-order valence-corrected chi connectivity index (χ1v) is 13.5. The summed E-state index contributed by atoms with van der Waals surface area (Å²) in [6, 6.07) is 52.6. The molecule has 0 radical (unpaired) electrons. The van der Waals surface area contributed by atoms with E-state index in [4.69, 9.17) is 0 Å². The van der Waals surface area contributed by atoms with E-state index in [2.05, 4.69) is 155 Å². The first-order chi connectivity index (χ1) is 19.4. The second-order valence-electron chi connectivity index (χ2n) is 10.2. The maximum atomic E-state index is 2.53.